The number of para-hydroxylation sites is 1. The van der Waals surface area contributed by atoms with E-state index >= 15 is 0 Å². The molecule has 1 aromatic rings. The number of hydrogen-bond acceptors (Lipinski definition) is 4. The molecular weight excluding hydrogens is 248 g/mol. The van der Waals surface area contributed by atoms with Gasteiger partial charge in [-0.2, -0.15) is 0 Å². The van der Waals surface area contributed by atoms with Gasteiger partial charge in [-0.05, 0) is 12.1 Å². The second-order valence-corrected chi connectivity index (χ2v) is 4.43. The zero-order valence-corrected chi connectivity index (χ0v) is 10.6. The van der Waals surface area contributed by atoms with Gasteiger partial charge >= 0.3 is 5.97 Å². The molecule has 1 unspecified atom stereocenters. The number of nitrogens with zero attached hydrogens (tertiary/aromatic N) is 2. The molecule has 1 atom stereocenters. The maximum absolute atomic E-state index is 12.3. The molecule has 2 rings (SSSR count). The number of aliphatic carboxylic acids is 1. The van der Waals surface area contributed by atoms with Gasteiger partial charge in [0, 0.05) is 13.6 Å². The molecule has 1 aliphatic heterocycles. The van der Waals surface area contributed by atoms with E-state index < -0.39 is 12.1 Å². The molecule has 19 heavy (non-hydrogen) atoms. The summed E-state index contributed by atoms with van der Waals surface area (Å²) in [5, 5.41) is 18.0. The molecule has 1 aromatic carbocycles. The molecule has 0 fully saturated rings. The van der Waals surface area contributed by atoms with Crippen LogP contribution in [0.1, 0.15) is 16.8 Å². The molecule has 0 aromatic heterocycles. The number of aliphatic hydroxyl groups excluding tert-OH is 1. The van der Waals surface area contributed by atoms with E-state index in [-0.39, 0.29) is 25.5 Å². The predicted molar refractivity (Wildman–Crippen MR) is 69.0 cm³/mol. The minimum atomic E-state index is -0.980. The van der Waals surface area contributed by atoms with E-state index in [4.69, 9.17) is 10.2 Å². The van der Waals surface area contributed by atoms with Gasteiger partial charge in [-0.1, -0.05) is 12.1 Å². The molecule has 0 radical (unpaired) electrons. The standard InChI is InChI=1S/C13H16N2O4/c1-14-10-5-3-2-4-9(10)13(19)15(6-7-16)11(14)8-12(17)18/h2-5,11,16H,6-8H2,1H3,(H,17,18). The van der Waals surface area contributed by atoms with Crippen LogP contribution in [0.25, 0.3) is 0 Å². The molecule has 0 saturated heterocycles. The van der Waals surface area contributed by atoms with Gasteiger partial charge < -0.3 is 20.0 Å². The summed E-state index contributed by atoms with van der Waals surface area (Å²) in [6.45, 7) is -0.0761. The summed E-state index contributed by atoms with van der Waals surface area (Å²) in [6, 6.07) is 7.06. The zero-order valence-electron chi connectivity index (χ0n) is 10.6. The largest absolute Gasteiger partial charge is 0.481 e. The Kier molecular flexibility index (Phi) is 3.71. The van der Waals surface area contributed by atoms with Crippen LogP contribution in [0, 0.1) is 0 Å². The highest BCUT2D eigenvalue weighted by Crippen LogP contribution is 2.30. The first kappa shape index (κ1) is 13.4. The van der Waals surface area contributed by atoms with Crippen molar-refractivity contribution < 1.29 is 19.8 Å². The number of rotatable bonds is 4. The van der Waals surface area contributed by atoms with Crippen molar-refractivity contribution >= 4 is 17.6 Å². The number of carbonyl (C=O) groups is 2. The fourth-order valence-corrected chi connectivity index (χ4v) is 2.38. The van der Waals surface area contributed by atoms with Gasteiger partial charge in [0.2, 0.25) is 0 Å². The van der Waals surface area contributed by atoms with Crippen LogP contribution in [0.3, 0.4) is 0 Å². The number of β-amino-alcohol motifs (C(OH)–C–C–N with tert-alkyl or cyclic N) is 1. The summed E-state index contributed by atoms with van der Waals surface area (Å²) in [7, 11) is 1.75. The predicted octanol–water partition coefficient (Wildman–Crippen LogP) is 0.372. The Morgan fingerprint density at radius 1 is 1.37 bits per heavy atom. The third kappa shape index (κ3) is 2.39. The number of carboxylic acid groups (broad SMARTS) is 1. The van der Waals surface area contributed by atoms with Gasteiger partial charge in [0.05, 0.1) is 24.3 Å². The quantitative estimate of drug-likeness (QED) is 0.821. The Morgan fingerprint density at radius 3 is 2.68 bits per heavy atom. The monoisotopic (exact) mass is 264 g/mol. The van der Waals surface area contributed by atoms with Gasteiger partial charge in [0.1, 0.15) is 6.17 Å². The molecular formula is C13H16N2O4. The maximum Gasteiger partial charge on any atom is 0.307 e. The average molecular weight is 264 g/mol. The van der Waals surface area contributed by atoms with Crippen LogP contribution in [-0.2, 0) is 4.79 Å². The second-order valence-electron chi connectivity index (χ2n) is 4.43. The smallest absolute Gasteiger partial charge is 0.307 e. The Morgan fingerprint density at radius 2 is 2.05 bits per heavy atom. The van der Waals surface area contributed by atoms with Gasteiger partial charge in [0.15, 0.2) is 0 Å². The Hall–Kier alpha value is -2.08. The van der Waals surface area contributed by atoms with E-state index in [9.17, 15) is 9.59 Å². The van der Waals surface area contributed by atoms with Crippen molar-refractivity contribution in [3.8, 4) is 0 Å². The van der Waals surface area contributed by atoms with E-state index in [0.29, 0.717) is 11.3 Å². The van der Waals surface area contributed by atoms with E-state index in [1.54, 1.807) is 30.1 Å². The Bertz CT molecular complexity index is 503. The summed E-state index contributed by atoms with van der Waals surface area (Å²) < 4.78 is 0. The number of amides is 1. The summed E-state index contributed by atoms with van der Waals surface area (Å²) in [4.78, 5) is 26.5. The highest BCUT2D eigenvalue weighted by atomic mass is 16.4. The lowest BCUT2D eigenvalue weighted by molar-refractivity contribution is -0.138. The fourth-order valence-electron chi connectivity index (χ4n) is 2.38. The van der Waals surface area contributed by atoms with Crippen molar-refractivity contribution in [2.45, 2.75) is 12.6 Å². The molecule has 6 nitrogen and oxygen atoms in total. The number of anilines is 1. The van der Waals surface area contributed by atoms with Crippen molar-refractivity contribution in [1.29, 1.82) is 0 Å². The molecule has 6 heteroatoms. The lowest BCUT2D eigenvalue weighted by Crippen LogP contribution is -2.55. The summed E-state index contributed by atoms with van der Waals surface area (Å²) >= 11 is 0. The lowest BCUT2D eigenvalue weighted by Gasteiger charge is -2.43. The summed E-state index contributed by atoms with van der Waals surface area (Å²) in [6.07, 6.45) is -0.761. The van der Waals surface area contributed by atoms with Crippen molar-refractivity contribution in [2.24, 2.45) is 0 Å². The number of fused-ring (bicyclic) bond motifs is 1. The van der Waals surface area contributed by atoms with Crippen LogP contribution >= 0.6 is 0 Å². The molecule has 1 amide bonds. The molecule has 0 saturated carbocycles. The van der Waals surface area contributed by atoms with Crippen LogP contribution in [0.2, 0.25) is 0 Å². The number of benzene rings is 1. The highest BCUT2D eigenvalue weighted by Gasteiger charge is 2.36. The second kappa shape index (κ2) is 5.27. The lowest BCUT2D eigenvalue weighted by atomic mass is 10.0. The van der Waals surface area contributed by atoms with Crippen LogP contribution in [0.15, 0.2) is 24.3 Å². The fraction of sp³-hybridized carbons (Fsp3) is 0.385. The van der Waals surface area contributed by atoms with Gasteiger partial charge in [-0.25, -0.2) is 0 Å². The van der Waals surface area contributed by atoms with Crippen LogP contribution in [0.5, 0.6) is 0 Å². The molecule has 1 heterocycles. The van der Waals surface area contributed by atoms with Crippen LogP contribution in [0.4, 0.5) is 5.69 Å². The van der Waals surface area contributed by atoms with Crippen LogP contribution in [-0.4, -0.2) is 53.4 Å². The first-order chi connectivity index (χ1) is 9.06. The minimum Gasteiger partial charge on any atom is -0.481 e. The number of carbonyl (C=O) groups excluding carboxylic acids is 1. The molecule has 2 N–H and O–H groups in total. The third-order valence-electron chi connectivity index (χ3n) is 3.28. The number of hydrogen-bond donors (Lipinski definition) is 2. The van der Waals surface area contributed by atoms with Crippen molar-refractivity contribution in [2.75, 3.05) is 25.1 Å². The van der Waals surface area contributed by atoms with E-state index in [1.165, 1.54) is 4.90 Å². The van der Waals surface area contributed by atoms with Crippen molar-refractivity contribution in [1.82, 2.24) is 4.90 Å². The topological polar surface area (TPSA) is 81.1 Å². The Balaban J connectivity index is 2.43. The van der Waals surface area contributed by atoms with Gasteiger partial charge in [0.25, 0.3) is 5.91 Å². The SMILES string of the molecule is CN1c2ccccc2C(=O)N(CCO)C1CC(=O)O. The van der Waals surface area contributed by atoms with Gasteiger partial charge in [-0.15, -0.1) is 0 Å². The first-order valence-corrected chi connectivity index (χ1v) is 6.01. The van der Waals surface area contributed by atoms with E-state index in [2.05, 4.69) is 0 Å². The van der Waals surface area contributed by atoms with Gasteiger partial charge in [-0.3, -0.25) is 9.59 Å². The van der Waals surface area contributed by atoms with Crippen LogP contribution < -0.4 is 4.90 Å². The molecule has 1 aliphatic rings. The molecule has 0 aliphatic carbocycles. The summed E-state index contributed by atoms with van der Waals surface area (Å²) in [5.74, 6) is -1.22. The Labute approximate surface area is 110 Å². The minimum absolute atomic E-state index is 0.120. The summed E-state index contributed by atoms with van der Waals surface area (Å²) in [5.41, 5.74) is 1.24. The average Bonchev–Trinajstić information content (AvgIpc) is 2.39. The maximum atomic E-state index is 12.3. The van der Waals surface area contributed by atoms with Crippen molar-refractivity contribution in [3.63, 3.8) is 0 Å². The number of aliphatic hydroxyl groups is 1. The molecule has 0 bridgehead atoms. The van der Waals surface area contributed by atoms with E-state index in [0.717, 1.165) is 0 Å². The molecule has 0 spiro atoms. The third-order valence-corrected chi connectivity index (χ3v) is 3.28. The zero-order chi connectivity index (χ0) is 14.0. The first-order valence-electron chi connectivity index (χ1n) is 6.01. The highest BCUT2D eigenvalue weighted by molar-refractivity contribution is 6.02. The van der Waals surface area contributed by atoms with Crippen molar-refractivity contribution in [3.05, 3.63) is 29.8 Å². The number of carboxylic acids is 1. The molecule has 102 valence electrons. The van der Waals surface area contributed by atoms with E-state index in [1.807, 2.05) is 6.07 Å². The normalized spacial score (nSPS) is 18.4.